The lowest BCUT2D eigenvalue weighted by Crippen LogP contribution is -2.24. The fraction of sp³-hybridized carbons (Fsp3) is 0.389. The van der Waals surface area contributed by atoms with Crippen molar-refractivity contribution in [2.24, 2.45) is 0 Å². The highest BCUT2D eigenvalue weighted by atomic mass is 15.2. The van der Waals surface area contributed by atoms with Crippen molar-refractivity contribution in [2.75, 3.05) is 11.9 Å². The maximum atomic E-state index is 4.58. The third-order valence-electron chi connectivity index (χ3n) is 3.48. The molecule has 3 heteroatoms. The molecule has 0 radical (unpaired) electrons. The van der Waals surface area contributed by atoms with Gasteiger partial charge in [0, 0.05) is 37.1 Å². The molecule has 1 N–H and O–H groups in total. The van der Waals surface area contributed by atoms with Crippen molar-refractivity contribution in [3.05, 3.63) is 53.2 Å². The lowest BCUT2D eigenvalue weighted by atomic mass is 10.1. The van der Waals surface area contributed by atoms with E-state index in [9.17, 15) is 0 Å². The molecule has 0 fully saturated rings. The van der Waals surface area contributed by atoms with Crippen LogP contribution in [0.1, 0.15) is 30.5 Å². The lowest BCUT2D eigenvalue weighted by molar-refractivity contribution is 0.588. The van der Waals surface area contributed by atoms with Crippen molar-refractivity contribution < 1.29 is 0 Å². The molecule has 0 saturated heterocycles. The van der Waals surface area contributed by atoms with E-state index < -0.39 is 0 Å². The van der Waals surface area contributed by atoms with E-state index in [0.29, 0.717) is 6.04 Å². The van der Waals surface area contributed by atoms with Gasteiger partial charge in [0.25, 0.3) is 0 Å². The third kappa shape index (κ3) is 4.05. The Kier molecular flexibility index (Phi) is 4.97. The first-order valence-corrected chi connectivity index (χ1v) is 7.46. The monoisotopic (exact) mass is 283 g/mol. The Hall–Kier alpha value is -1.87. The zero-order chi connectivity index (χ0) is 15.4. The highest BCUT2D eigenvalue weighted by Gasteiger charge is 2.11. The molecular weight excluding hydrogens is 258 g/mol. The minimum absolute atomic E-state index is 0.463. The Balaban J connectivity index is 2.32. The predicted octanol–water partition coefficient (Wildman–Crippen LogP) is 3.96. The SMILES string of the molecule is Cc1cc(C)cc(N(C)c2ncccc2CNC(C)C)c1. The third-order valence-corrected chi connectivity index (χ3v) is 3.48. The molecule has 1 heterocycles. The van der Waals surface area contributed by atoms with Crippen LogP contribution >= 0.6 is 0 Å². The first-order valence-electron chi connectivity index (χ1n) is 7.46. The first kappa shape index (κ1) is 15.5. The topological polar surface area (TPSA) is 28.2 Å². The van der Waals surface area contributed by atoms with E-state index in [-0.39, 0.29) is 0 Å². The van der Waals surface area contributed by atoms with Gasteiger partial charge in [0.15, 0.2) is 0 Å². The van der Waals surface area contributed by atoms with Gasteiger partial charge in [-0.2, -0.15) is 0 Å². The van der Waals surface area contributed by atoms with Gasteiger partial charge in [0.05, 0.1) is 0 Å². The van der Waals surface area contributed by atoms with Crippen molar-refractivity contribution in [1.82, 2.24) is 10.3 Å². The summed E-state index contributed by atoms with van der Waals surface area (Å²) in [4.78, 5) is 6.74. The summed E-state index contributed by atoms with van der Waals surface area (Å²) in [5.41, 5.74) is 4.94. The van der Waals surface area contributed by atoms with Crippen LogP contribution in [0.2, 0.25) is 0 Å². The van der Waals surface area contributed by atoms with E-state index in [1.807, 2.05) is 12.3 Å². The van der Waals surface area contributed by atoms with E-state index in [2.05, 4.69) is 74.2 Å². The minimum Gasteiger partial charge on any atom is -0.329 e. The molecule has 112 valence electrons. The fourth-order valence-corrected chi connectivity index (χ4v) is 2.45. The smallest absolute Gasteiger partial charge is 0.137 e. The second-order valence-corrected chi connectivity index (χ2v) is 5.93. The molecule has 0 bridgehead atoms. The van der Waals surface area contributed by atoms with Gasteiger partial charge in [-0.05, 0) is 43.2 Å². The molecule has 2 aromatic rings. The summed E-state index contributed by atoms with van der Waals surface area (Å²) in [6.07, 6.45) is 1.85. The number of nitrogens with one attached hydrogen (secondary N) is 1. The summed E-state index contributed by atoms with van der Waals surface area (Å²) in [5.74, 6) is 1.01. The van der Waals surface area contributed by atoms with Crippen LogP contribution in [-0.4, -0.2) is 18.1 Å². The molecule has 0 spiro atoms. The minimum atomic E-state index is 0.463. The van der Waals surface area contributed by atoms with Crippen LogP contribution in [-0.2, 0) is 6.54 Å². The molecule has 0 aliphatic heterocycles. The average Bonchev–Trinajstić information content (AvgIpc) is 2.43. The van der Waals surface area contributed by atoms with E-state index >= 15 is 0 Å². The number of aromatic nitrogens is 1. The van der Waals surface area contributed by atoms with Crippen molar-refractivity contribution in [1.29, 1.82) is 0 Å². The van der Waals surface area contributed by atoms with Gasteiger partial charge in [0.2, 0.25) is 0 Å². The average molecular weight is 283 g/mol. The van der Waals surface area contributed by atoms with E-state index in [0.717, 1.165) is 12.4 Å². The molecule has 21 heavy (non-hydrogen) atoms. The van der Waals surface area contributed by atoms with Crippen LogP contribution in [0.5, 0.6) is 0 Å². The summed E-state index contributed by atoms with van der Waals surface area (Å²) in [6.45, 7) is 9.40. The largest absolute Gasteiger partial charge is 0.329 e. The first-order chi connectivity index (χ1) is 9.97. The molecule has 0 aliphatic rings. The molecule has 0 atom stereocenters. The Morgan fingerprint density at radius 3 is 2.43 bits per heavy atom. The summed E-state index contributed by atoms with van der Waals surface area (Å²) < 4.78 is 0. The number of hydrogen-bond acceptors (Lipinski definition) is 3. The number of nitrogens with zero attached hydrogens (tertiary/aromatic N) is 2. The number of pyridine rings is 1. The molecule has 0 amide bonds. The quantitative estimate of drug-likeness (QED) is 0.900. The van der Waals surface area contributed by atoms with Crippen LogP contribution < -0.4 is 10.2 Å². The van der Waals surface area contributed by atoms with Crippen LogP contribution in [0.25, 0.3) is 0 Å². The Morgan fingerprint density at radius 1 is 1.14 bits per heavy atom. The van der Waals surface area contributed by atoms with E-state index in [1.165, 1.54) is 22.4 Å². The molecular formula is C18H25N3. The van der Waals surface area contributed by atoms with Crippen LogP contribution in [0.3, 0.4) is 0 Å². The van der Waals surface area contributed by atoms with Crippen LogP contribution in [0, 0.1) is 13.8 Å². The Bertz CT molecular complexity index is 585. The number of aryl methyl sites for hydroxylation is 2. The summed E-state index contributed by atoms with van der Waals surface area (Å²) in [7, 11) is 2.08. The summed E-state index contributed by atoms with van der Waals surface area (Å²) >= 11 is 0. The summed E-state index contributed by atoms with van der Waals surface area (Å²) in [6, 6.07) is 11.2. The fourth-order valence-electron chi connectivity index (χ4n) is 2.45. The number of hydrogen-bond donors (Lipinski definition) is 1. The van der Waals surface area contributed by atoms with Crippen molar-refractivity contribution >= 4 is 11.5 Å². The molecule has 2 rings (SSSR count). The normalized spacial score (nSPS) is 11.0. The second kappa shape index (κ2) is 6.72. The second-order valence-electron chi connectivity index (χ2n) is 5.93. The molecule has 1 aromatic carbocycles. The van der Waals surface area contributed by atoms with E-state index in [1.54, 1.807) is 0 Å². The zero-order valence-electron chi connectivity index (χ0n) is 13.6. The standard InChI is InChI=1S/C18H25N3/c1-13(2)20-12-16-7-6-8-19-18(16)21(5)17-10-14(3)9-15(4)11-17/h6-11,13,20H,12H2,1-5H3. The Labute approximate surface area is 128 Å². The van der Waals surface area contributed by atoms with Gasteiger partial charge >= 0.3 is 0 Å². The maximum Gasteiger partial charge on any atom is 0.137 e. The van der Waals surface area contributed by atoms with Gasteiger partial charge in [-0.25, -0.2) is 4.98 Å². The molecule has 3 nitrogen and oxygen atoms in total. The van der Waals surface area contributed by atoms with Crippen LogP contribution in [0.4, 0.5) is 11.5 Å². The van der Waals surface area contributed by atoms with Gasteiger partial charge in [-0.1, -0.05) is 26.0 Å². The van der Waals surface area contributed by atoms with Gasteiger partial charge in [0.1, 0.15) is 5.82 Å². The maximum absolute atomic E-state index is 4.58. The molecule has 0 aliphatic carbocycles. The molecule has 0 unspecified atom stereocenters. The van der Waals surface area contributed by atoms with Gasteiger partial charge < -0.3 is 10.2 Å². The highest BCUT2D eigenvalue weighted by Crippen LogP contribution is 2.26. The number of rotatable bonds is 5. The molecule has 1 aromatic heterocycles. The predicted molar refractivity (Wildman–Crippen MR) is 90.2 cm³/mol. The van der Waals surface area contributed by atoms with Crippen LogP contribution in [0.15, 0.2) is 36.5 Å². The lowest BCUT2D eigenvalue weighted by Gasteiger charge is -2.23. The van der Waals surface area contributed by atoms with Gasteiger partial charge in [-0.15, -0.1) is 0 Å². The van der Waals surface area contributed by atoms with Crippen molar-refractivity contribution in [3.8, 4) is 0 Å². The highest BCUT2D eigenvalue weighted by molar-refractivity contribution is 5.63. The van der Waals surface area contributed by atoms with E-state index in [4.69, 9.17) is 0 Å². The molecule has 0 saturated carbocycles. The van der Waals surface area contributed by atoms with Gasteiger partial charge in [-0.3, -0.25) is 0 Å². The van der Waals surface area contributed by atoms with Crippen molar-refractivity contribution in [3.63, 3.8) is 0 Å². The van der Waals surface area contributed by atoms with Crippen molar-refractivity contribution in [2.45, 2.75) is 40.3 Å². The number of benzene rings is 1. The Morgan fingerprint density at radius 2 is 1.81 bits per heavy atom. The summed E-state index contributed by atoms with van der Waals surface area (Å²) in [5, 5.41) is 3.46. The number of anilines is 2. The zero-order valence-corrected chi connectivity index (χ0v) is 13.6.